The molecule has 2 N–H and O–H groups in total. The fraction of sp³-hybridized carbons (Fsp3) is 0.467. The van der Waals surface area contributed by atoms with Gasteiger partial charge in [-0.3, -0.25) is 4.79 Å². The van der Waals surface area contributed by atoms with Crippen molar-refractivity contribution in [1.82, 2.24) is 5.32 Å². The molecule has 2 atom stereocenters. The van der Waals surface area contributed by atoms with Gasteiger partial charge in [-0.05, 0) is 30.5 Å². The van der Waals surface area contributed by atoms with Gasteiger partial charge in [0.2, 0.25) is 0 Å². The van der Waals surface area contributed by atoms with Crippen molar-refractivity contribution in [2.24, 2.45) is 5.92 Å². The predicted molar refractivity (Wildman–Crippen MR) is 82.6 cm³/mol. The van der Waals surface area contributed by atoms with Crippen LogP contribution in [0.25, 0.3) is 0 Å². The van der Waals surface area contributed by atoms with Crippen LogP contribution in [0.3, 0.4) is 0 Å². The van der Waals surface area contributed by atoms with Crippen molar-refractivity contribution in [1.29, 1.82) is 0 Å². The van der Waals surface area contributed by atoms with Crippen molar-refractivity contribution >= 4 is 21.7 Å². The number of hydrogen-bond acceptors (Lipinski definition) is 4. The zero-order valence-corrected chi connectivity index (χ0v) is 13.9. The minimum Gasteiger partial charge on any atom is -0.480 e. The normalized spacial score (nSPS) is 14.2. The summed E-state index contributed by atoms with van der Waals surface area (Å²) in [5, 5.41) is 11.6. The van der Waals surface area contributed by atoms with Gasteiger partial charge in [-0.1, -0.05) is 26.3 Å². The van der Waals surface area contributed by atoms with Gasteiger partial charge >= 0.3 is 5.97 Å². The molecule has 1 rings (SSSR count). The Hall–Kier alpha value is -1.89. The van der Waals surface area contributed by atoms with Crippen LogP contribution in [0.1, 0.15) is 36.2 Å². The highest BCUT2D eigenvalue weighted by atomic mass is 32.2. The molecule has 0 saturated carbocycles. The van der Waals surface area contributed by atoms with E-state index in [1.807, 2.05) is 6.92 Å². The highest BCUT2D eigenvalue weighted by Gasteiger charge is 2.26. The first-order chi connectivity index (χ1) is 10.1. The molecule has 22 heavy (non-hydrogen) atoms. The van der Waals surface area contributed by atoms with Gasteiger partial charge in [0.25, 0.3) is 5.91 Å². The summed E-state index contributed by atoms with van der Waals surface area (Å²) < 4.78 is 23.4. The summed E-state index contributed by atoms with van der Waals surface area (Å²) in [5.41, 5.74) is 0.663. The number of hydrogen-bond donors (Lipinski definition) is 2. The van der Waals surface area contributed by atoms with Crippen molar-refractivity contribution in [2.75, 3.05) is 6.26 Å². The fourth-order valence-corrected chi connectivity index (χ4v) is 3.04. The summed E-state index contributed by atoms with van der Waals surface area (Å²) in [6, 6.07) is 3.27. The Kier molecular flexibility index (Phi) is 5.71. The molecule has 0 spiro atoms. The Morgan fingerprint density at radius 1 is 1.32 bits per heavy atom. The van der Waals surface area contributed by atoms with E-state index in [0.29, 0.717) is 12.0 Å². The molecular formula is C15H21NO5S. The van der Waals surface area contributed by atoms with Crippen molar-refractivity contribution in [2.45, 2.75) is 38.1 Å². The maximum absolute atomic E-state index is 12.2. The topological polar surface area (TPSA) is 101 Å². The first-order valence-corrected chi connectivity index (χ1v) is 8.81. The van der Waals surface area contributed by atoms with Crippen molar-refractivity contribution in [3.63, 3.8) is 0 Å². The van der Waals surface area contributed by atoms with E-state index in [4.69, 9.17) is 0 Å². The molecule has 0 aliphatic rings. The number of amides is 1. The maximum atomic E-state index is 12.2. The van der Waals surface area contributed by atoms with Crippen LogP contribution in [0.15, 0.2) is 23.1 Å². The SMILES string of the molecule is CCC(C)C(NC(=O)c1ccc(C)c(S(C)(=O)=O)c1)C(=O)O. The summed E-state index contributed by atoms with van der Waals surface area (Å²) in [4.78, 5) is 23.5. The smallest absolute Gasteiger partial charge is 0.326 e. The standard InChI is InChI=1S/C15H21NO5S/c1-5-9(2)13(15(18)19)16-14(17)11-7-6-10(3)12(8-11)22(4,20)21/h6-9,13H,5H2,1-4H3,(H,16,17)(H,18,19). The lowest BCUT2D eigenvalue weighted by atomic mass is 9.99. The molecule has 0 aliphatic heterocycles. The zero-order valence-electron chi connectivity index (χ0n) is 13.1. The summed E-state index contributed by atoms with van der Waals surface area (Å²) >= 11 is 0. The molecular weight excluding hydrogens is 306 g/mol. The number of carbonyl (C=O) groups is 2. The van der Waals surface area contributed by atoms with Gasteiger partial charge in [0.05, 0.1) is 4.90 Å². The first kappa shape index (κ1) is 18.2. The third kappa shape index (κ3) is 4.30. The van der Waals surface area contributed by atoms with Crippen LogP contribution in [0, 0.1) is 12.8 Å². The summed E-state index contributed by atoms with van der Waals surface area (Å²) in [5.74, 6) is -1.95. The third-order valence-corrected chi connectivity index (χ3v) is 4.85. The Bertz CT molecular complexity index is 681. The lowest BCUT2D eigenvalue weighted by Gasteiger charge is -2.20. The zero-order chi connectivity index (χ0) is 17.1. The minimum absolute atomic E-state index is 0.0653. The first-order valence-electron chi connectivity index (χ1n) is 6.92. The Morgan fingerprint density at radius 2 is 1.91 bits per heavy atom. The van der Waals surface area contributed by atoms with Gasteiger partial charge in [0.15, 0.2) is 9.84 Å². The number of sulfone groups is 1. The molecule has 2 unspecified atom stereocenters. The second-order valence-corrected chi connectivity index (χ2v) is 7.41. The Labute approximate surface area is 130 Å². The molecule has 1 amide bonds. The monoisotopic (exact) mass is 327 g/mol. The van der Waals surface area contributed by atoms with E-state index >= 15 is 0 Å². The number of carbonyl (C=O) groups excluding carboxylic acids is 1. The molecule has 0 aromatic heterocycles. The van der Waals surface area contributed by atoms with Crippen LogP contribution in [0.4, 0.5) is 0 Å². The van der Waals surface area contributed by atoms with Crippen molar-refractivity contribution < 1.29 is 23.1 Å². The quantitative estimate of drug-likeness (QED) is 0.827. The van der Waals surface area contributed by atoms with Crippen LogP contribution in [-0.4, -0.2) is 37.7 Å². The summed E-state index contributed by atoms with van der Waals surface area (Å²) in [6.07, 6.45) is 1.66. The predicted octanol–water partition coefficient (Wildman–Crippen LogP) is 1.63. The number of carboxylic acid groups (broad SMARTS) is 1. The molecule has 0 aliphatic carbocycles. The number of benzene rings is 1. The molecule has 7 heteroatoms. The largest absolute Gasteiger partial charge is 0.480 e. The van der Waals surface area contributed by atoms with Crippen LogP contribution >= 0.6 is 0 Å². The number of nitrogens with one attached hydrogen (secondary N) is 1. The molecule has 1 aromatic rings. The molecule has 0 radical (unpaired) electrons. The van der Waals surface area contributed by atoms with Gasteiger partial charge in [-0.15, -0.1) is 0 Å². The lowest BCUT2D eigenvalue weighted by molar-refractivity contribution is -0.140. The van der Waals surface area contributed by atoms with E-state index in [1.165, 1.54) is 18.2 Å². The van der Waals surface area contributed by atoms with E-state index < -0.39 is 27.8 Å². The molecule has 6 nitrogen and oxygen atoms in total. The van der Waals surface area contributed by atoms with Gasteiger partial charge in [0, 0.05) is 11.8 Å². The molecule has 1 aromatic carbocycles. The number of aliphatic carboxylic acids is 1. The van der Waals surface area contributed by atoms with Crippen molar-refractivity contribution in [3.05, 3.63) is 29.3 Å². The van der Waals surface area contributed by atoms with E-state index in [1.54, 1.807) is 13.8 Å². The number of rotatable bonds is 6. The summed E-state index contributed by atoms with van der Waals surface area (Å²) in [6.45, 7) is 5.20. The second kappa shape index (κ2) is 6.91. The molecule has 0 bridgehead atoms. The minimum atomic E-state index is -3.45. The van der Waals surface area contributed by atoms with E-state index in [-0.39, 0.29) is 16.4 Å². The average Bonchev–Trinajstić information content (AvgIpc) is 2.42. The molecule has 0 fully saturated rings. The average molecular weight is 327 g/mol. The van der Waals surface area contributed by atoms with Gasteiger partial charge < -0.3 is 10.4 Å². The lowest BCUT2D eigenvalue weighted by Crippen LogP contribution is -2.45. The number of aryl methyl sites for hydroxylation is 1. The van der Waals surface area contributed by atoms with E-state index in [0.717, 1.165) is 6.26 Å². The maximum Gasteiger partial charge on any atom is 0.326 e. The van der Waals surface area contributed by atoms with Crippen molar-refractivity contribution in [3.8, 4) is 0 Å². The van der Waals surface area contributed by atoms with Gasteiger partial charge in [-0.2, -0.15) is 0 Å². The van der Waals surface area contributed by atoms with Crippen LogP contribution in [-0.2, 0) is 14.6 Å². The third-order valence-electron chi connectivity index (χ3n) is 3.62. The second-order valence-electron chi connectivity index (χ2n) is 5.43. The van der Waals surface area contributed by atoms with Gasteiger partial charge in [0.1, 0.15) is 6.04 Å². The molecule has 0 heterocycles. The van der Waals surface area contributed by atoms with E-state index in [9.17, 15) is 23.1 Å². The highest BCUT2D eigenvalue weighted by Crippen LogP contribution is 2.17. The Balaban J connectivity index is 3.11. The Morgan fingerprint density at radius 3 is 2.36 bits per heavy atom. The molecule has 0 saturated heterocycles. The molecule has 122 valence electrons. The van der Waals surface area contributed by atoms with E-state index in [2.05, 4.69) is 5.32 Å². The fourth-order valence-electron chi connectivity index (χ4n) is 2.05. The van der Waals surface area contributed by atoms with Crippen LogP contribution in [0.5, 0.6) is 0 Å². The van der Waals surface area contributed by atoms with Crippen LogP contribution in [0.2, 0.25) is 0 Å². The highest BCUT2D eigenvalue weighted by molar-refractivity contribution is 7.90. The van der Waals surface area contributed by atoms with Crippen LogP contribution < -0.4 is 5.32 Å². The number of carboxylic acids is 1. The summed E-state index contributed by atoms with van der Waals surface area (Å²) in [7, 11) is -3.45. The van der Waals surface area contributed by atoms with Gasteiger partial charge in [-0.25, -0.2) is 13.2 Å².